The lowest BCUT2D eigenvalue weighted by atomic mass is 9.78. The van der Waals surface area contributed by atoms with E-state index in [4.69, 9.17) is 15.7 Å². The van der Waals surface area contributed by atoms with Crippen molar-refractivity contribution in [1.29, 1.82) is 0 Å². The fourth-order valence-electron chi connectivity index (χ4n) is 2.91. The summed E-state index contributed by atoms with van der Waals surface area (Å²) in [6.07, 6.45) is 8.19. The summed E-state index contributed by atoms with van der Waals surface area (Å²) in [7, 11) is 0. The fourth-order valence-corrected chi connectivity index (χ4v) is 2.91. The molecule has 2 heterocycles. The first-order valence-electron chi connectivity index (χ1n) is 8.05. The summed E-state index contributed by atoms with van der Waals surface area (Å²) in [5.41, 5.74) is 8.24. The van der Waals surface area contributed by atoms with Crippen LogP contribution in [0.4, 0.5) is 5.82 Å². The van der Waals surface area contributed by atoms with Crippen LogP contribution in [0.5, 0.6) is 0 Å². The summed E-state index contributed by atoms with van der Waals surface area (Å²) in [4.78, 5) is 13.6. The molecule has 114 valence electrons. The van der Waals surface area contributed by atoms with Gasteiger partial charge < -0.3 is 11.1 Å². The van der Waals surface area contributed by atoms with Gasteiger partial charge in [-0.2, -0.15) is 0 Å². The first-order chi connectivity index (χ1) is 10.8. The van der Waals surface area contributed by atoms with Crippen molar-refractivity contribution in [2.24, 2.45) is 5.73 Å². The molecule has 4 rings (SSSR count). The van der Waals surface area contributed by atoms with E-state index in [0.717, 1.165) is 42.3 Å². The van der Waals surface area contributed by atoms with Gasteiger partial charge in [-0.25, -0.2) is 9.97 Å². The van der Waals surface area contributed by atoms with E-state index in [9.17, 15) is 0 Å². The summed E-state index contributed by atoms with van der Waals surface area (Å²) < 4.78 is 0. The zero-order valence-electron chi connectivity index (χ0n) is 12.6. The Bertz CT molecular complexity index is 647. The Hall–Kier alpha value is -2.01. The molecular weight excluding hydrogens is 274 g/mol. The lowest BCUT2D eigenvalue weighted by Gasteiger charge is -2.32. The Kier molecular flexibility index (Phi) is 3.50. The Balaban J connectivity index is 1.52. The van der Waals surface area contributed by atoms with Gasteiger partial charge in [-0.15, -0.1) is 0 Å². The minimum atomic E-state index is 0.344. The molecule has 2 aromatic rings. The number of nitrogens with zero attached hydrogens (tertiary/aromatic N) is 3. The number of rotatable bonds is 5. The zero-order chi connectivity index (χ0) is 14.9. The van der Waals surface area contributed by atoms with E-state index in [2.05, 4.69) is 22.4 Å². The minimum absolute atomic E-state index is 0.344. The molecule has 0 aromatic carbocycles. The van der Waals surface area contributed by atoms with E-state index in [1.54, 1.807) is 6.20 Å². The number of nitrogens with one attached hydrogen (secondary N) is 1. The van der Waals surface area contributed by atoms with Gasteiger partial charge in [-0.05, 0) is 37.3 Å². The van der Waals surface area contributed by atoms with Gasteiger partial charge in [0.25, 0.3) is 0 Å². The molecular formula is C17H21N5. The summed E-state index contributed by atoms with van der Waals surface area (Å²) in [6, 6.07) is 6.46. The van der Waals surface area contributed by atoms with Crippen LogP contribution in [0.1, 0.15) is 54.6 Å². The predicted octanol–water partition coefficient (Wildman–Crippen LogP) is 2.57. The van der Waals surface area contributed by atoms with E-state index in [1.165, 1.54) is 12.8 Å². The smallest absolute Gasteiger partial charge is 0.134 e. The summed E-state index contributed by atoms with van der Waals surface area (Å²) >= 11 is 0. The second-order valence-corrected chi connectivity index (χ2v) is 6.45. The molecule has 5 nitrogen and oxygen atoms in total. The topological polar surface area (TPSA) is 76.7 Å². The normalized spacial score (nSPS) is 23.9. The van der Waals surface area contributed by atoms with Gasteiger partial charge in [-0.3, -0.25) is 4.98 Å². The average Bonchev–Trinajstić information content (AvgIpc) is 3.35. The van der Waals surface area contributed by atoms with Gasteiger partial charge >= 0.3 is 0 Å². The second kappa shape index (κ2) is 5.65. The van der Waals surface area contributed by atoms with Crippen LogP contribution in [0.25, 0.3) is 0 Å². The number of aromatic nitrogens is 3. The van der Waals surface area contributed by atoms with Crippen LogP contribution >= 0.6 is 0 Å². The molecule has 0 aliphatic heterocycles. The van der Waals surface area contributed by atoms with Gasteiger partial charge in [0.05, 0.1) is 0 Å². The Labute approximate surface area is 130 Å². The third-order valence-electron chi connectivity index (χ3n) is 4.49. The van der Waals surface area contributed by atoms with Crippen LogP contribution in [-0.4, -0.2) is 21.0 Å². The van der Waals surface area contributed by atoms with E-state index in [1.807, 2.05) is 12.3 Å². The predicted molar refractivity (Wildman–Crippen MR) is 85.5 cm³/mol. The first-order valence-corrected chi connectivity index (χ1v) is 8.05. The quantitative estimate of drug-likeness (QED) is 0.886. The number of anilines is 1. The van der Waals surface area contributed by atoms with Gasteiger partial charge in [0.1, 0.15) is 11.6 Å². The van der Waals surface area contributed by atoms with Crippen molar-refractivity contribution in [1.82, 2.24) is 15.0 Å². The van der Waals surface area contributed by atoms with Gasteiger partial charge in [-0.1, -0.05) is 6.07 Å². The summed E-state index contributed by atoms with van der Waals surface area (Å²) in [5, 5.41) is 3.42. The Morgan fingerprint density at radius 1 is 1.18 bits per heavy atom. The third kappa shape index (κ3) is 2.95. The molecule has 2 saturated carbocycles. The van der Waals surface area contributed by atoms with Crippen molar-refractivity contribution in [2.75, 3.05) is 5.32 Å². The molecule has 0 atom stereocenters. The molecule has 0 bridgehead atoms. The molecule has 2 fully saturated rings. The van der Waals surface area contributed by atoms with E-state index < -0.39 is 0 Å². The molecule has 5 heteroatoms. The molecule has 0 amide bonds. The first kappa shape index (κ1) is 13.6. The number of hydrogen-bond donors (Lipinski definition) is 2. The highest BCUT2D eigenvalue weighted by molar-refractivity contribution is 5.39. The molecule has 0 saturated heterocycles. The monoisotopic (exact) mass is 295 g/mol. The summed E-state index contributed by atoms with van der Waals surface area (Å²) in [6.45, 7) is 0.735. The van der Waals surface area contributed by atoms with Gasteiger partial charge in [0, 0.05) is 48.6 Å². The lowest BCUT2D eigenvalue weighted by molar-refractivity contribution is 0.344. The van der Waals surface area contributed by atoms with Crippen LogP contribution in [-0.2, 0) is 6.54 Å². The number of hydrogen-bond acceptors (Lipinski definition) is 5. The van der Waals surface area contributed by atoms with Crippen molar-refractivity contribution >= 4 is 5.82 Å². The van der Waals surface area contributed by atoms with Crippen LogP contribution < -0.4 is 11.1 Å². The highest BCUT2D eigenvalue weighted by Crippen LogP contribution is 2.41. The average molecular weight is 295 g/mol. The van der Waals surface area contributed by atoms with Gasteiger partial charge in [0.2, 0.25) is 0 Å². The van der Waals surface area contributed by atoms with Crippen LogP contribution in [0.3, 0.4) is 0 Å². The van der Waals surface area contributed by atoms with Crippen molar-refractivity contribution in [2.45, 2.75) is 50.1 Å². The number of nitrogens with two attached hydrogens (primary N) is 1. The molecule has 0 radical (unpaired) electrons. The van der Waals surface area contributed by atoms with Crippen LogP contribution in [0.2, 0.25) is 0 Å². The third-order valence-corrected chi connectivity index (χ3v) is 4.49. The van der Waals surface area contributed by atoms with Crippen LogP contribution in [0, 0.1) is 0 Å². The minimum Gasteiger partial charge on any atom is -0.366 e. The second-order valence-electron chi connectivity index (χ2n) is 6.45. The molecule has 22 heavy (non-hydrogen) atoms. The Morgan fingerprint density at radius 2 is 2.05 bits per heavy atom. The lowest BCUT2D eigenvalue weighted by Crippen LogP contribution is -2.35. The van der Waals surface area contributed by atoms with E-state index in [0.29, 0.717) is 17.9 Å². The molecule has 0 spiro atoms. The maximum absolute atomic E-state index is 5.92. The maximum atomic E-state index is 5.92. The van der Waals surface area contributed by atoms with Crippen molar-refractivity contribution < 1.29 is 0 Å². The zero-order valence-corrected chi connectivity index (χ0v) is 12.6. The SMILES string of the molecule is NC1CC(c2cc(NCc3cccnc3)nc(C3CC3)n2)C1. The van der Waals surface area contributed by atoms with Gasteiger partial charge in [0.15, 0.2) is 0 Å². The molecule has 0 unspecified atom stereocenters. The largest absolute Gasteiger partial charge is 0.366 e. The molecule has 2 aliphatic rings. The van der Waals surface area contributed by atoms with Crippen molar-refractivity contribution in [3.63, 3.8) is 0 Å². The molecule has 2 aliphatic carbocycles. The molecule has 2 aromatic heterocycles. The number of pyridine rings is 1. The Morgan fingerprint density at radius 3 is 2.73 bits per heavy atom. The molecule has 3 N–H and O–H groups in total. The summed E-state index contributed by atoms with van der Waals surface area (Å²) in [5.74, 6) is 3.00. The van der Waals surface area contributed by atoms with Crippen LogP contribution in [0.15, 0.2) is 30.6 Å². The standard InChI is InChI=1S/C17H21N5/c18-14-6-13(7-14)15-8-16(22-17(21-15)12-3-4-12)20-10-11-2-1-5-19-9-11/h1-2,5,8-9,12-14H,3-4,6-7,10,18H2,(H,20,21,22). The highest BCUT2D eigenvalue weighted by atomic mass is 15.0. The van der Waals surface area contributed by atoms with Crippen molar-refractivity contribution in [3.05, 3.63) is 47.7 Å². The van der Waals surface area contributed by atoms with E-state index in [-0.39, 0.29) is 0 Å². The maximum Gasteiger partial charge on any atom is 0.134 e. The fraction of sp³-hybridized carbons (Fsp3) is 0.471. The highest BCUT2D eigenvalue weighted by Gasteiger charge is 2.32. The van der Waals surface area contributed by atoms with E-state index >= 15 is 0 Å². The van der Waals surface area contributed by atoms with Crippen molar-refractivity contribution in [3.8, 4) is 0 Å².